The number of hydrogen-bond acceptors (Lipinski definition) is 2. The molecule has 2 aliphatic carbocycles. The highest BCUT2D eigenvalue weighted by Crippen LogP contribution is 2.46. The van der Waals surface area contributed by atoms with Crippen LogP contribution in [0.5, 0.6) is 0 Å². The van der Waals surface area contributed by atoms with Crippen molar-refractivity contribution < 1.29 is 9.47 Å². The van der Waals surface area contributed by atoms with Gasteiger partial charge in [0.1, 0.15) is 0 Å². The molecule has 2 aliphatic rings. The first-order chi connectivity index (χ1) is 11.0. The smallest absolute Gasteiger partial charge is 0.0704 e. The number of hydrogen-bond donors (Lipinski definition) is 0. The van der Waals surface area contributed by atoms with Gasteiger partial charge in [0.2, 0.25) is 0 Å². The standard InChI is InChI=1S/C19H32O2.C2H6/c1-15(2)16-6-5-7-17(14-16)19(3)10-8-18(9-11-19)21-13-12-20-4;1-2/h6,14-15,18H,5,7-13H2,1-4H3;1-2H3. The molecule has 0 spiro atoms. The zero-order chi connectivity index (χ0) is 17.3. The second-order valence-electron chi connectivity index (χ2n) is 7.19. The Morgan fingerprint density at radius 3 is 2.39 bits per heavy atom. The van der Waals surface area contributed by atoms with Gasteiger partial charge in [0.05, 0.1) is 19.3 Å². The normalized spacial score (nSPS) is 27.9. The Balaban J connectivity index is 0.00000127. The maximum Gasteiger partial charge on any atom is 0.0704 e. The molecule has 2 rings (SSSR count). The molecule has 0 aromatic heterocycles. The van der Waals surface area contributed by atoms with E-state index in [4.69, 9.17) is 9.47 Å². The summed E-state index contributed by atoms with van der Waals surface area (Å²) in [5.74, 6) is 0.651. The van der Waals surface area contributed by atoms with E-state index < -0.39 is 0 Å². The Morgan fingerprint density at radius 2 is 1.83 bits per heavy atom. The number of methoxy groups -OCH3 is 1. The summed E-state index contributed by atoms with van der Waals surface area (Å²) >= 11 is 0. The highest BCUT2D eigenvalue weighted by Gasteiger charge is 2.34. The zero-order valence-corrected chi connectivity index (χ0v) is 16.3. The minimum Gasteiger partial charge on any atom is -0.382 e. The van der Waals surface area contributed by atoms with Gasteiger partial charge in [0.25, 0.3) is 0 Å². The molecule has 0 heterocycles. The fourth-order valence-corrected chi connectivity index (χ4v) is 3.62. The van der Waals surface area contributed by atoms with E-state index in [-0.39, 0.29) is 0 Å². The van der Waals surface area contributed by atoms with E-state index in [1.807, 2.05) is 13.8 Å². The molecule has 1 saturated carbocycles. The van der Waals surface area contributed by atoms with Crippen LogP contribution in [0.25, 0.3) is 0 Å². The Hall–Kier alpha value is -0.600. The van der Waals surface area contributed by atoms with Gasteiger partial charge in [-0.25, -0.2) is 0 Å². The van der Waals surface area contributed by atoms with Crippen LogP contribution in [0.3, 0.4) is 0 Å². The Labute approximate surface area is 144 Å². The molecule has 0 unspecified atom stereocenters. The molecule has 0 amide bonds. The molecule has 0 radical (unpaired) electrons. The van der Waals surface area contributed by atoms with E-state index in [2.05, 4.69) is 32.9 Å². The second kappa shape index (κ2) is 10.3. The van der Waals surface area contributed by atoms with Gasteiger partial charge in [0, 0.05) is 7.11 Å². The summed E-state index contributed by atoms with van der Waals surface area (Å²) < 4.78 is 11.0. The summed E-state index contributed by atoms with van der Waals surface area (Å²) in [4.78, 5) is 0. The van der Waals surface area contributed by atoms with Crippen LogP contribution in [0, 0.1) is 11.3 Å². The van der Waals surface area contributed by atoms with Crippen molar-refractivity contribution >= 4 is 0 Å². The number of rotatable bonds is 6. The molecule has 2 nitrogen and oxygen atoms in total. The van der Waals surface area contributed by atoms with Crippen molar-refractivity contribution in [3.63, 3.8) is 0 Å². The molecule has 0 bridgehead atoms. The zero-order valence-electron chi connectivity index (χ0n) is 16.3. The molecule has 0 N–H and O–H groups in total. The predicted molar refractivity (Wildman–Crippen MR) is 99.8 cm³/mol. The maximum atomic E-state index is 5.91. The van der Waals surface area contributed by atoms with Crippen LogP contribution in [0.15, 0.2) is 23.3 Å². The summed E-state index contributed by atoms with van der Waals surface area (Å²) in [6, 6.07) is 0. The van der Waals surface area contributed by atoms with Gasteiger partial charge < -0.3 is 9.47 Å². The minimum atomic E-state index is 0.398. The molecule has 0 aromatic rings. The summed E-state index contributed by atoms with van der Waals surface area (Å²) in [7, 11) is 1.73. The maximum absolute atomic E-state index is 5.91. The van der Waals surface area contributed by atoms with Crippen molar-refractivity contribution in [3.05, 3.63) is 23.3 Å². The summed E-state index contributed by atoms with van der Waals surface area (Å²) in [5.41, 5.74) is 3.62. The first kappa shape index (κ1) is 20.4. The Bertz CT molecular complexity index is 385. The minimum absolute atomic E-state index is 0.398. The van der Waals surface area contributed by atoms with E-state index in [0.29, 0.717) is 24.0 Å². The third-order valence-electron chi connectivity index (χ3n) is 5.25. The van der Waals surface area contributed by atoms with Crippen molar-refractivity contribution in [1.82, 2.24) is 0 Å². The Kier molecular flexibility index (Phi) is 9.16. The third-order valence-corrected chi connectivity index (χ3v) is 5.25. The number of allylic oxidation sites excluding steroid dienone is 4. The van der Waals surface area contributed by atoms with Crippen molar-refractivity contribution in [1.29, 1.82) is 0 Å². The van der Waals surface area contributed by atoms with E-state index in [1.165, 1.54) is 44.1 Å². The summed E-state index contributed by atoms with van der Waals surface area (Å²) in [6.07, 6.45) is 12.8. The van der Waals surface area contributed by atoms with Gasteiger partial charge in [-0.2, -0.15) is 0 Å². The molecular weight excluding hydrogens is 284 g/mol. The lowest BCUT2D eigenvalue weighted by Crippen LogP contribution is -2.31. The van der Waals surface area contributed by atoms with Crippen molar-refractivity contribution in [2.24, 2.45) is 11.3 Å². The van der Waals surface area contributed by atoms with Crippen LogP contribution in [0.4, 0.5) is 0 Å². The monoisotopic (exact) mass is 322 g/mol. The van der Waals surface area contributed by atoms with Crippen molar-refractivity contribution in [2.45, 2.75) is 79.2 Å². The molecule has 0 aromatic carbocycles. The van der Waals surface area contributed by atoms with Gasteiger partial charge in [-0.15, -0.1) is 0 Å². The van der Waals surface area contributed by atoms with Crippen LogP contribution < -0.4 is 0 Å². The molecule has 0 aliphatic heterocycles. The molecule has 23 heavy (non-hydrogen) atoms. The molecule has 0 saturated heterocycles. The van der Waals surface area contributed by atoms with Gasteiger partial charge in [-0.05, 0) is 55.4 Å². The fraction of sp³-hybridized carbons (Fsp3) is 0.810. The van der Waals surface area contributed by atoms with Crippen LogP contribution in [0.2, 0.25) is 0 Å². The largest absolute Gasteiger partial charge is 0.382 e. The van der Waals surface area contributed by atoms with Crippen LogP contribution in [-0.4, -0.2) is 26.4 Å². The van der Waals surface area contributed by atoms with Gasteiger partial charge in [0.15, 0.2) is 0 Å². The second-order valence-corrected chi connectivity index (χ2v) is 7.19. The average Bonchev–Trinajstić information content (AvgIpc) is 2.59. The van der Waals surface area contributed by atoms with Crippen LogP contribution in [-0.2, 0) is 9.47 Å². The van der Waals surface area contributed by atoms with E-state index in [9.17, 15) is 0 Å². The lowest BCUT2D eigenvalue weighted by atomic mass is 9.67. The fourth-order valence-electron chi connectivity index (χ4n) is 3.62. The molecule has 1 fully saturated rings. The SMILES string of the molecule is CC.COCCOC1CCC(C)(C2=CC(C(C)C)=CCC2)CC1. The Morgan fingerprint density at radius 1 is 1.17 bits per heavy atom. The number of ether oxygens (including phenoxy) is 2. The first-order valence-corrected chi connectivity index (χ1v) is 9.57. The lowest BCUT2D eigenvalue weighted by molar-refractivity contribution is -0.0153. The highest BCUT2D eigenvalue weighted by molar-refractivity contribution is 5.32. The van der Waals surface area contributed by atoms with E-state index in [1.54, 1.807) is 12.7 Å². The predicted octanol–water partition coefficient (Wildman–Crippen LogP) is 5.93. The van der Waals surface area contributed by atoms with Crippen LogP contribution in [0.1, 0.15) is 73.1 Å². The molecule has 134 valence electrons. The molecular formula is C21H38O2. The van der Waals surface area contributed by atoms with Gasteiger partial charge in [-0.3, -0.25) is 0 Å². The van der Waals surface area contributed by atoms with E-state index >= 15 is 0 Å². The summed E-state index contributed by atoms with van der Waals surface area (Å²) in [6.45, 7) is 12.5. The first-order valence-electron chi connectivity index (χ1n) is 9.57. The molecule has 2 heteroatoms. The van der Waals surface area contributed by atoms with Crippen molar-refractivity contribution in [3.8, 4) is 0 Å². The van der Waals surface area contributed by atoms with Gasteiger partial charge in [-0.1, -0.05) is 52.3 Å². The van der Waals surface area contributed by atoms with Gasteiger partial charge >= 0.3 is 0 Å². The average molecular weight is 323 g/mol. The highest BCUT2D eigenvalue weighted by atomic mass is 16.5. The topological polar surface area (TPSA) is 18.5 Å². The third kappa shape index (κ3) is 6.08. The van der Waals surface area contributed by atoms with Crippen molar-refractivity contribution in [2.75, 3.05) is 20.3 Å². The van der Waals surface area contributed by atoms with Crippen LogP contribution >= 0.6 is 0 Å². The summed E-state index contributed by atoms with van der Waals surface area (Å²) in [5, 5.41) is 0. The van der Waals surface area contributed by atoms with E-state index in [0.717, 1.165) is 6.61 Å². The quantitative estimate of drug-likeness (QED) is 0.564. The lowest BCUT2D eigenvalue weighted by Gasteiger charge is -2.40. The molecule has 0 atom stereocenters.